The molecule has 0 spiro atoms. The van der Waals surface area contributed by atoms with Crippen LogP contribution in [0.5, 0.6) is 5.75 Å². The van der Waals surface area contributed by atoms with Crippen LogP contribution in [0.4, 0.5) is 0 Å². The normalized spacial score (nSPS) is 15.6. The molecule has 0 radical (unpaired) electrons. The quantitative estimate of drug-likeness (QED) is 0.827. The van der Waals surface area contributed by atoms with Gasteiger partial charge in [0.15, 0.2) is 6.10 Å². The van der Waals surface area contributed by atoms with Crippen molar-refractivity contribution in [2.75, 3.05) is 13.1 Å². The Morgan fingerprint density at radius 2 is 1.85 bits per heavy atom. The van der Waals surface area contributed by atoms with Crippen molar-refractivity contribution in [2.45, 2.75) is 45.9 Å². The summed E-state index contributed by atoms with van der Waals surface area (Å²) in [5.74, 6) is 0.622. The van der Waals surface area contributed by atoms with Crippen molar-refractivity contribution in [3.63, 3.8) is 0 Å². The van der Waals surface area contributed by atoms with Gasteiger partial charge in [-0.25, -0.2) is 0 Å². The molecule has 0 aliphatic carbocycles. The molecule has 26 heavy (non-hydrogen) atoms. The van der Waals surface area contributed by atoms with Gasteiger partial charge in [0.05, 0.1) is 0 Å². The van der Waals surface area contributed by atoms with Gasteiger partial charge in [-0.15, -0.1) is 0 Å². The number of ether oxygens (including phenoxy) is 1. The Kier molecular flexibility index (Phi) is 6.29. The number of rotatable bonds is 7. The highest BCUT2D eigenvalue weighted by Gasteiger charge is 2.15. The zero-order valence-corrected chi connectivity index (χ0v) is 15.7. The van der Waals surface area contributed by atoms with Crippen molar-refractivity contribution in [2.24, 2.45) is 0 Å². The molecule has 1 heterocycles. The highest BCUT2D eigenvalue weighted by atomic mass is 16.5. The fourth-order valence-electron chi connectivity index (χ4n) is 3.32. The summed E-state index contributed by atoms with van der Waals surface area (Å²) in [7, 11) is 0. The predicted molar refractivity (Wildman–Crippen MR) is 104 cm³/mol. The van der Waals surface area contributed by atoms with Gasteiger partial charge in [-0.2, -0.15) is 0 Å². The molecule has 3 rings (SSSR count). The third-order valence-electron chi connectivity index (χ3n) is 4.73. The fourth-order valence-corrected chi connectivity index (χ4v) is 3.32. The van der Waals surface area contributed by atoms with E-state index in [0.29, 0.717) is 6.54 Å². The molecule has 4 nitrogen and oxygen atoms in total. The SMILES string of the molecule is Cc1cccc(O[C@@H](C)C(=O)NCc2cccc(CN3CCCC3)c2)c1. The Bertz CT molecular complexity index is 738. The van der Waals surface area contributed by atoms with Gasteiger partial charge in [0, 0.05) is 13.1 Å². The van der Waals surface area contributed by atoms with E-state index in [1.807, 2.05) is 31.2 Å². The van der Waals surface area contributed by atoms with Crippen LogP contribution in [0.25, 0.3) is 0 Å². The smallest absolute Gasteiger partial charge is 0.261 e. The number of benzene rings is 2. The first kappa shape index (κ1) is 18.5. The topological polar surface area (TPSA) is 41.6 Å². The zero-order valence-electron chi connectivity index (χ0n) is 15.7. The predicted octanol–water partition coefficient (Wildman–Crippen LogP) is 3.67. The maximum Gasteiger partial charge on any atom is 0.261 e. The lowest BCUT2D eigenvalue weighted by Crippen LogP contribution is -2.35. The summed E-state index contributed by atoms with van der Waals surface area (Å²) in [6, 6.07) is 16.2. The maximum atomic E-state index is 12.3. The Morgan fingerprint density at radius 1 is 1.12 bits per heavy atom. The van der Waals surface area contributed by atoms with Crippen molar-refractivity contribution >= 4 is 5.91 Å². The first-order valence-electron chi connectivity index (χ1n) is 9.41. The lowest BCUT2D eigenvalue weighted by molar-refractivity contribution is -0.127. The monoisotopic (exact) mass is 352 g/mol. The molecule has 0 saturated carbocycles. The number of carbonyl (C=O) groups is 1. The van der Waals surface area contributed by atoms with Crippen molar-refractivity contribution < 1.29 is 9.53 Å². The summed E-state index contributed by atoms with van der Waals surface area (Å²) in [6.45, 7) is 7.68. The second-order valence-corrected chi connectivity index (χ2v) is 7.10. The van der Waals surface area contributed by atoms with Crippen LogP contribution in [0.15, 0.2) is 48.5 Å². The van der Waals surface area contributed by atoms with Gasteiger partial charge in [-0.1, -0.05) is 36.4 Å². The van der Waals surface area contributed by atoms with Crippen molar-refractivity contribution in [3.05, 3.63) is 65.2 Å². The van der Waals surface area contributed by atoms with E-state index in [0.717, 1.165) is 23.4 Å². The largest absolute Gasteiger partial charge is 0.481 e. The molecule has 2 aromatic carbocycles. The molecule has 0 unspecified atom stereocenters. The number of likely N-dealkylation sites (tertiary alicyclic amines) is 1. The molecular weight excluding hydrogens is 324 g/mol. The zero-order chi connectivity index (χ0) is 18.4. The molecule has 1 aliphatic rings. The van der Waals surface area contributed by atoms with E-state index in [9.17, 15) is 4.79 Å². The molecule has 1 atom stereocenters. The standard InChI is InChI=1S/C22H28N2O2/c1-17-7-5-10-21(13-17)26-18(2)22(25)23-15-19-8-6-9-20(14-19)16-24-11-3-4-12-24/h5-10,13-14,18H,3-4,11-12,15-16H2,1-2H3,(H,23,25)/t18-/m0/s1. The molecule has 1 fully saturated rings. The highest BCUT2D eigenvalue weighted by Crippen LogP contribution is 2.15. The minimum Gasteiger partial charge on any atom is -0.481 e. The summed E-state index contributed by atoms with van der Waals surface area (Å²) in [5.41, 5.74) is 3.55. The van der Waals surface area contributed by atoms with E-state index in [1.54, 1.807) is 6.92 Å². The molecule has 138 valence electrons. The van der Waals surface area contributed by atoms with Crippen LogP contribution < -0.4 is 10.1 Å². The number of nitrogens with one attached hydrogen (secondary N) is 1. The summed E-state index contributed by atoms with van der Waals surface area (Å²) < 4.78 is 5.74. The van der Waals surface area contributed by atoms with Gasteiger partial charge >= 0.3 is 0 Å². The van der Waals surface area contributed by atoms with Gasteiger partial charge in [0.1, 0.15) is 5.75 Å². The highest BCUT2D eigenvalue weighted by molar-refractivity contribution is 5.80. The number of nitrogens with zero attached hydrogens (tertiary/aromatic N) is 1. The molecule has 1 N–H and O–H groups in total. The van der Waals surface area contributed by atoms with Gasteiger partial charge in [0.2, 0.25) is 0 Å². The van der Waals surface area contributed by atoms with Crippen LogP contribution in [0, 0.1) is 6.92 Å². The van der Waals surface area contributed by atoms with Crippen LogP contribution in [0.1, 0.15) is 36.5 Å². The summed E-state index contributed by atoms with van der Waals surface area (Å²) >= 11 is 0. The van der Waals surface area contributed by atoms with Crippen LogP contribution in [0.3, 0.4) is 0 Å². The van der Waals surface area contributed by atoms with Crippen molar-refractivity contribution in [1.82, 2.24) is 10.2 Å². The van der Waals surface area contributed by atoms with E-state index < -0.39 is 6.10 Å². The second-order valence-electron chi connectivity index (χ2n) is 7.10. The van der Waals surface area contributed by atoms with Crippen LogP contribution >= 0.6 is 0 Å². The molecular formula is C22H28N2O2. The number of hydrogen-bond donors (Lipinski definition) is 1. The van der Waals surface area contributed by atoms with Crippen LogP contribution in [-0.4, -0.2) is 30.0 Å². The average Bonchev–Trinajstić information content (AvgIpc) is 3.13. The van der Waals surface area contributed by atoms with E-state index in [1.165, 1.54) is 31.5 Å². The molecule has 2 aromatic rings. The third kappa shape index (κ3) is 5.33. The van der Waals surface area contributed by atoms with Gasteiger partial charge in [0.25, 0.3) is 5.91 Å². The van der Waals surface area contributed by atoms with Gasteiger partial charge in [-0.3, -0.25) is 9.69 Å². The Hall–Kier alpha value is -2.33. The molecule has 0 bridgehead atoms. The fraction of sp³-hybridized carbons (Fsp3) is 0.409. The van der Waals surface area contributed by atoms with Gasteiger partial charge < -0.3 is 10.1 Å². The molecule has 1 amide bonds. The third-order valence-corrected chi connectivity index (χ3v) is 4.73. The Morgan fingerprint density at radius 3 is 2.62 bits per heavy atom. The second kappa shape index (κ2) is 8.86. The summed E-state index contributed by atoms with van der Waals surface area (Å²) in [6.07, 6.45) is 2.08. The maximum absolute atomic E-state index is 12.3. The Labute approximate surface area is 156 Å². The van der Waals surface area contributed by atoms with Crippen molar-refractivity contribution in [3.8, 4) is 5.75 Å². The number of carbonyl (C=O) groups excluding carboxylic acids is 1. The summed E-state index contributed by atoms with van der Waals surface area (Å²) in [5, 5.41) is 2.98. The number of hydrogen-bond acceptors (Lipinski definition) is 3. The minimum atomic E-state index is -0.524. The van der Waals surface area contributed by atoms with Crippen LogP contribution in [0.2, 0.25) is 0 Å². The van der Waals surface area contributed by atoms with Crippen LogP contribution in [-0.2, 0) is 17.9 Å². The van der Waals surface area contributed by atoms with E-state index >= 15 is 0 Å². The average molecular weight is 352 g/mol. The number of aryl methyl sites for hydroxylation is 1. The first-order chi connectivity index (χ1) is 12.6. The Balaban J connectivity index is 1.50. The summed E-state index contributed by atoms with van der Waals surface area (Å²) in [4.78, 5) is 14.8. The molecule has 1 aliphatic heterocycles. The minimum absolute atomic E-state index is 0.101. The molecule has 4 heteroatoms. The number of amides is 1. The van der Waals surface area contributed by atoms with Crippen molar-refractivity contribution in [1.29, 1.82) is 0 Å². The van der Waals surface area contributed by atoms with Gasteiger partial charge in [-0.05, 0) is 68.6 Å². The van der Waals surface area contributed by atoms with E-state index in [4.69, 9.17) is 4.74 Å². The van der Waals surface area contributed by atoms with E-state index in [2.05, 4.69) is 34.5 Å². The first-order valence-corrected chi connectivity index (χ1v) is 9.41. The molecule has 1 saturated heterocycles. The van der Waals surface area contributed by atoms with E-state index in [-0.39, 0.29) is 5.91 Å². The lowest BCUT2D eigenvalue weighted by atomic mass is 10.1. The lowest BCUT2D eigenvalue weighted by Gasteiger charge is -2.16. The molecule has 0 aromatic heterocycles.